The number of ether oxygens (including phenoxy) is 4. The summed E-state index contributed by atoms with van der Waals surface area (Å²) < 4.78 is 25.6. The van der Waals surface area contributed by atoms with Crippen molar-refractivity contribution in [2.45, 2.75) is 148 Å². The number of morpholine rings is 1. The Labute approximate surface area is 258 Å². The smallest absolute Gasteiger partial charge is 0.309 e. The van der Waals surface area contributed by atoms with E-state index in [0.29, 0.717) is 28.1 Å². The molecule has 2 aliphatic heterocycles. The highest BCUT2D eigenvalue weighted by Gasteiger charge is 2.80. The maximum atomic E-state index is 12.7. The number of fused-ring (bicyclic) bond motifs is 4. The van der Waals surface area contributed by atoms with Gasteiger partial charge in [0.25, 0.3) is 0 Å². The highest BCUT2D eigenvalue weighted by molar-refractivity contribution is 5.75. The minimum absolute atomic E-state index is 0.0239. The highest BCUT2D eigenvalue weighted by atomic mass is 16.7. The van der Waals surface area contributed by atoms with E-state index < -0.39 is 11.7 Å². The summed E-state index contributed by atoms with van der Waals surface area (Å²) in [6.45, 7) is 13.6. The molecular formula is C36H57NO6. The molecule has 12 atom stereocenters. The quantitative estimate of drug-likeness (QED) is 0.384. The van der Waals surface area contributed by atoms with Crippen LogP contribution in [0.5, 0.6) is 0 Å². The number of rotatable bonds is 6. The van der Waals surface area contributed by atoms with E-state index in [9.17, 15) is 9.90 Å². The Morgan fingerprint density at radius 1 is 0.953 bits per heavy atom. The van der Waals surface area contributed by atoms with Gasteiger partial charge in [0, 0.05) is 13.1 Å². The molecule has 7 heteroatoms. The van der Waals surface area contributed by atoms with E-state index in [1.54, 1.807) is 13.8 Å². The summed E-state index contributed by atoms with van der Waals surface area (Å²) in [6, 6.07) is 0. The van der Waals surface area contributed by atoms with Gasteiger partial charge in [-0.3, -0.25) is 4.79 Å². The molecule has 8 aliphatic rings. The normalized spacial score (nSPS) is 50.7. The number of hydrogen-bond acceptors (Lipinski definition) is 7. The monoisotopic (exact) mass is 599 g/mol. The molecule has 242 valence electrons. The van der Waals surface area contributed by atoms with Gasteiger partial charge in [-0.1, -0.05) is 20.8 Å². The molecule has 9 unspecified atom stereocenters. The Hall–Kier alpha value is -0.730. The van der Waals surface area contributed by atoms with Gasteiger partial charge in [0.1, 0.15) is 0 Å². The zero-order valence-electron chi connectivity index (χ0n) is 27.4. The Kier molecular flexibility index (Phi) is 6.82. The molecule has 43 heavy (non-hydrogen) atoms. The minimum atomic E-state index is -1.12. The maximum absolute atomic E-state index is 12.7. The first-order valence-corrected chi connectivity index (χ1v) is 18.0. The van der Waals surface area contributed by atoms with Crippen LogP contribution in [0, 0.1) is 51.2 Å². The van der Waals surface area contributed by atoms with Gasteiger partial charge in [-0.15, -0.1) is 0 Å². The molecule has 0 radical (unpaired) electrons. The van der Waals surface area contributed by atoms with E-state index in [0.717, 1.165) is 70.1 Å². The van der Waals surface area contributed by atoms with Crippen LogP contribution in [0.4, 0.5) is 0 Å². The lowest BCUT2D eigenvalue weighted by Crippen LogP contribution is -2.56. The Morgan fingerprint density at radius 2 is 1.74 bits per heavy atom. The molecule has 0 bridgehead atoms. The predicted molar refractivity (Wildman–Crippen MR) is 162 cm³/mol. The van der Waals surface area contributed by atoms with Crippen molar-refractivity contribution in [1.82, 2.24) is 5.32 Å². The summed E-state index contributed by atoms with van der Waals surface area (Å²) >= 11 is 0. The van der Waals surface area contributed by atoms with E-state index in [4.69, 9.17) is 18.9 Å². The molecule has 2 heterocycles. The zero-order valence-corrected chi connectivity index (χ0v) is 27.4. The third-order valence-electron chi connectivity index (χ3n) is 15.0. The largest absolute Gasteiger partial charge is 0.456 e. The van der Waals surface area contributed by atoms with E-state index in [2.05, 4.69) is 26.1 Å². The average molecular weight is 600 g/mol. The summed E-state index contributed by atoms with van der Waals surface area (Å²) in [5, 5.41) is 14.5. The van der Waals surface area contributed by atoms with Gasteiger partial charge in [0.05, 0.1) is 36.4 Å². The maximum Gasteiger partial charge on any atom is 0.309 e. The molecule has 0 aromatic carbocycles. The number of hydrogen-bond donors (Lipinski definition) is 2. The second kappa shape index (κ2) is 9.89. The first-order valence-electron chi connectivity index (χ1n) is 18.0. The van der Waals surface area contributed by atoms with Crippen molar-refractivity contribution in [3.63, 3.8) is 0 Å². The summed E-state index contributed by atoms with van der Waals surface area (Å²) in [5.41, 5.74) is 0.381. The summed E-state index contributed by atoms with van der Waals surface area (Å²) in [7, 11) is 0. The SMILES string of the molecule is CC12CC[C@@]34CC35CC[C@H](OC3CNCCO3)C(C)(C)C5CCC4C1CC1OC([C@H](OC(=O)C3CC3)C(C)(C)O)CCC12. The van der Waals surface area contributed by atoms with Crippen molar-refractivity contribution in [2.75, 3.05) is 19.7 Å². The fourth-order valence-corrected chi connectivity index (χ4v) is 12.7. The molecule has 2 saturated heterocycles. The van der Waals surface area contributed by atoms with Crippen LogP contribution < -0.4 is 5.32 Å². The van der Waals surface area contributed by atoms with Crippen LogP contribution in [0.3, 0.4) is 0 Å². The van der Waals surface area contributed by atoms with Gasteiger partial charge in [-0.05, 0) is 136 Å². The molecule has 2 spiro atoms. The van der Waals surface area contributed by atoms with E-state index in [1.807, 2.05) is 0 Å². The van der Waals surface area contributed by atoms with E-state index in [1.165, 1.54) is 38.5 Å². The number of aliphatic hydroxyl groups is 1. The molecule has 8 fully saturated rings. The highest BCUT2D eigenvalue weighted by Crippen LogP contribution is 2.87. The van der Waals surface area contributed by atoms with E-state index in [-0.39, 0.29) is 41.9 Å². The van der Waals surface area contributed by atoms with Gasteiger partial charge < -0.3 is 29.4 Å². The van der Waals surface area contributed by atoms with E-state index >= 15 is 0 Å². The topological polar surface area (TPSA) is 86.3 Å². The summed E-state index contributed by atoms with van der Waals surface area (Å²) in [4.78, 5) is 12.7. The Morgan fingerprint density at radius 3 is 2.47 bits per heavy atom. The standard InChI is InChI=1S/C36H57NO6/c1-32(2)27-11-9-22-24-18-26-23(8-10-25(41-26)30(33(3,4)39)43-31(38)21-6-7-21)34(24,5)14-15-35(22)20-36(27,35)13-12-28(32)42-29-19-37-16-17-40-29/h21-30,37,39H,6-20H2,1-5H3/t22?,23?,24?,25?,26?,27?,28-,29?,30-,34?,35-,36?/m0/s1. The molecule has 0 aromatic rings. The summed E-state index contributed by atoms with van der Waals surface area (Å²) in [6.07, 6.45) is 13.8. The molecule has 0 aromatic heterocycles. The molecule has 8 rings (SSSR count). The minimum Gasteiger partial charge on any atom is -0.456 e. The molecular weight excluding hydrogens is 542 g/mol. The number of carbonyl (C=O) groups is 1. The third kappa shape index (κ3) is 4.40. The fourth-order valence-electron chi connectivity index (χ4n) is 12.7. The van der Waals surface area contributed by atoms with Crippen LogP contribution in [0.2, 0.25) is 0 Å². The molecule has 6 saturated carbocycles. The third-order valence-corrected chi connectivity index (χ3v) is 15.0. The average Bonchev–Trinajstić information content (AvgIpc) is 3.88. The van der Waals surface area contributed by atoms with Crippen molar-refractivity contribution in [1.29, 1.82) is 0 Å². The van der Waals surface area contributed by atoms with Crippen molar-refractivity contribution in [3.8, 4) is 0 Å². The van der Waals surface area contributed by atoms with Gasteiger partial charge in [-0.25, -0.2) is 0 Å². The first-order chi connectivity index (χ1) is 20.4. The van der Waals surface area contributed by atoms with Crippen molar-refractivity contribution < 1.29 is 28.8 Å². The molecule has 0 amide bonds. The van der Waals surface area contributed by atoms with Crippen LogP contribution in [-0.4, -0.2) is 67.1 Å². The predicted octanol–water partition coefficient (Wildman–Crippen LogP) is 5.62. The van der Waals surface area contributed by atoms with Crippen molar-refractivity contribution in [3.05, 3.63) is 0 Å². The molecule has 2 N–H and O–H groups in total. The van der Waals surface area contributed by atoms with Crippen LogP contribution in [0.25, 0.3) is 0 Å². The van der Waals surface area contributed by atoms with Gasteiger partial charge in [0.2, 0.25) is 0 Å². The van der Waals surface area contributed by atoms with Gasteiger partial charge >= 0.3 is 5.97 Å². The van der Waals surface area contributed by atoms with Crippen LogP contribution >= 0.6 is 0 Å². The Bertz CT molecular complexity index is 1110. The van der Waals surface area contributed by atoms with Crippen molar-refractivity contribution in [2.24, 2.45) is 51.2 Å². The number of nitrogens with one attached hydrogen (secondary N) is 1. The van der Waals surface area contributed by atoms with Crippen LogP contribution in [0.1, 0.15) is 112 Å². The lowest BCUT2D eigenvalue weighted by atomic mass is 9.46. The Balaban J connectivity index is 0.987. The van der Waals surface area contributed by atoms with Crippen molar-refractivity contribution >= 4 is 5.97 Å². The molecule has 7 nitrogen and oxygen atoms in total. The first kappa shape index (κ1) is 29.7. The van der Waals surface area contributed by atoms with Gasteiger partial charge in [-0.2, -0.15) is 0 Å². The summed E-state index contributed by atoms with van der Waals surface area (Å²) in [5.74, 6) is 2.69. The zero-order chi connectivity index (χ0) is 30.0. The second-order valence-electron chi connectivity index (χ2n) is 17.7. The van der Waals surface area contributed by atoms with Gasteiger partial charge in [0.15, 0.2) is 12.4 Å². The number of carbonyl (C=O) groups excluding carboxylic acids is 1. The molecule has 6 aliphatic carbocycles. The number of esters is 1. The van der Waals surface area contributed by atoms with Crippen LogP contribution in [-0.2, 0) is 23.7 Å². The fraction of sp³-hybridized carbons (Fsp3) is 0.972. The van der Waals surface area contributed by atoms with Crippen LogP contribution in [0.15, 0.2) is 0 Å². The lowest BCUT2D eigenvalue weighted by molar-refractivity contribution is -0.232. The lowest BCUT2D eigenvalue weighted by Gasteiger charge is -2.60. The second-order valence-corrected chi connectivity index (χ2v) is 17.7.